The molecule has 0 unspecified atom stereocenters. The van der Waals surface area contributed by atoms with Gasteiger partial charge in [0.2, 0.25) is 0 Å². The van der Waals surface area contributed by atoms with Gasteiger partial charge in [-0.25, -0.2) is 4.98 Å². The van der Waals surface area contributed by atoms with Crippen molar-refractivity contribution in [1.82, 2.24) is 10.3 Å². The molecular formula is C13H13IN2O2S. The van der Waals surface area contributed by atoms with Crippen LogP contribution in [0.15, 0.2) is 24.4 Å². The molecule has 2 rings (SSSR count). The molecule has 1 amide bonds. The second-order valence-corrected chi connectivity index (χ2v) is 6.36. The number of carbonyl (C=O) groups is 1. The number of hydrogen-bond acceptors (Lipinski definition) is 4. The molecule has 0 aliphatic carbocycles. The Balaban J connectivity index is 2.03. The van der Waals surface area contributed by atoms with Crippen molar-refractivity contribution in [3.05, 3.63) is 43.4 Å². The molecule has 100 valence electrons. The first kappa shape index (κ1) is 14.3. The summed E-state index contributed by atoms with van der Waals surface area (Å²) < 4.78 is 0.906. The highest BCUT2D eigenvalue weighted by molar-refractivity contribution is 14.1. The minimum absolute atomic E-state index is 0.00805. The van der Waals surface area contributed by atoms with Crippen LogP contribution in [0.25, 0.3) is 0 Å². The molecule has 0 radical (unpaired) electrons. The minimum atomic E-state index is -0.288. The molecule has 2 N–H and O–H groups in total. The highest BCUT2D eigenvalue weighted by Gasteiger charge is 2.12. The highest BCUT2D eigenvalue weighted by atomic mass is 127. The SMILES string of the molecule is CCc1cnc(CNC(=O)c2cc(I)ccc2O)s1. The van der Waals surface area contributed by atoms with E-state index in [0.717, 1.165) is 15.0 Å². The number of aryl methyl sites for hydroxylation is 1. The summed E-state index contributed by atoms with van der Waals surface area (Å²) in [6.07, 6.45) is 2.78. The quantitative estimate of drug-likeness (QED) is 0.792. The van der Waals surface area contributed by atoms with Crippen LogP contribution in [0.3, 0.4) is 0 Å². The third-order valence-corrected chi connectivity index (χ3v) is 4.37. The molecular weight excluding hydrogens is 375 g/mol. The lowest BCUT2D eigenvalue weighted by Crippen LogP contribution is -2.22. The molecule has 4 nitrogen and oxygen atoms in total. The van der Waals surface area contributed by atoms with E-state index >= 15 is 0 Å². The van der Waals surface area contributed by atoms with Gasteiger partial charge in [-0.05, 0) is 47.2 Å². The Morgan fingerprint density at radius 3 is 3.00 bits per heavy atom. The van der Waals surface area contributed by atoms with E-state index in [2.05, 4.69) is 39.8 Å². The van der Waals surface area contributed by atoms with Crippen LogP contribution < -0.4 is 5.32 Å². The number of rotatable bonds is 4. The molecule has 6 heteroatoms. The predicted molar refractivity (Wildman–Crippen MR) is 83.5 cm³/mol. The maximum absolute atomic E-state index is 12.0. The van der Waals surface area contributed by atoms with Gasteiger partial charge in [0.1, 0.15) is 10.8 Å². The summed E-state index contributed by atoms with van der Waals surface area (Å²) in [5.74, 6) is -0.296. The molecule has 0 saturated carbocycles. The minimum Gasteiger partial charge on any atom is -0.507 e. The summed E-state index contributed by atoms with van der Waals surface area (Å²) in [6.45, 7) is 2.45. The number of aromatic hydroxyl groups is 1. The molecule has 1 heterocycles. The lowest BCUT2D eigenvalue weighted by Gasteiger charge is -2.05. The maximum Gasteiger partial charge on any atom is 0.255 e. The van der Waals surface area contributed by atoms with E-state index < -0.39 is 0 Å². The van der Waals surface area contributed by atoms with Crippen LogP contribution in [0.2, 0.25) is 0 Å². The van der Waals surface area contributed by atoms with Crippen molar-refractivity contribution in [2.24, 2.45) is 0 Å². The van der Waals surface area contributed by atoms with Crippen LogP contribution >= 0.6 is 33.9 Å². The Kier molecular flexibility index (Phi) is 4.76. The van der Waals surface area contributed by atoms with Crippen molar-refractivity contribution in [3.63, 3.8) is 0 Å². The molecule has 19 heavy (non-hydrogen) atoms. The van der Waals surface area contributed by atoms with Gasteiger partial charge in [0.25, 0.3) is 5.91 Å². The van der Waals surface area contributed by atoms with Crippen LogP contribution in [0.1, 0.15) is 27.2 Å². The number of halogens is 1. The Morgan fingerprint density at radius 1 is 1.53 bits per heavy atom. The molecule has 0 aliphatic rings. The maximum atomic E-state index is 12.0. The van der Waals surface area contributed by atoms with Gasteiger partial charge in [-0.15, -0.1) is 11.3 Å². The molecule has 0 bridgehead atoms. The lowest BCUT2D eigenvalue weighted by molar-refractivity contribution is 0.0948. The first-order chi connectivity index (χ1) is 9.10. The number of carbonyl (C=O) groups excluding carboxylic acids is 1. The number of thiazole rings is 1. The van der Waals surface area contributed by atoms with Gasteiger partial charge in [-0.2, -0.15) is 0 Å². The van der Waals surface area contributed by atoms with Crippen molar-refractivity contribution >= 4 is 39.8 Å². The van der Waals surface area contributed by atoms with Crippen LogP contribution in [0.4, 0.5) is 0 Å². The predicted octanol–water partition coefficient (Wildman–Crippen LogP) is 2.95. The fourth-order valence-electron chi connectivity index (χ4n) is 1.53. The Labute approximate surface area is 129 Å². The van der Waals surface area contributed by atoms with E-state index in [4.69, 9.17) is 0 Å². The summed E-state index contributed by atoms with van der Waals surface area (Å²) in [4.78, 5) is 17.4. The van der Waals surface area contributed by atoms with Gasteiger partial charge in [0, 0.05) is 14.6 Å². The second kappa shape index (κ2) is 6.33. The van der Waals surface area contributed by atoms with Crippen LogP contribution in [0, 0.1) is 3.57 Å². The third-order valence-electron chi connectivity index (χ3n) is 2.55. The van der Waals surface area contributed by atoms with Gasteiger partial charge in [-0.3, -0.25) is 4.79 Å². The van der Waals surface area contributed by atoms with E-state index in [1.807, 2.05) is 6.20 Å². The van der Waals surface area contributed by atoms with E-state index in [-0.39, 0.29) is 11.7 Å². The van der Waals surface area contributed by atoms with Crippen molar-refractivity contribution < 1.29 is 9.90 Å². The van der Waals surface area contributed by atoms with Crippen molar-refractivity contribution in [2.45, 2.75) is 19.9 Å². The molecule has 1 aromatic heterocycles. The number of nitrogens with one attached hydrogen (secondary N) is 1. The van der Waals surface area contributed by atoms with Gasteiger partial charge in [0.15, 0.2) is 0 Å². The molecule has 0 atom stereocenters. The van der Waals surface area contributed by atoms with E-state index in [1.54, 1.807) is 23.5 Å². The average Bonchev–Trinajstić information content (AvgIpc) is 2.87. The van der Waals surface area contributed by atoms with Crippen LogP contribution in [-0.4, -0.2) is 16.0 Å². The van der Waals surface area contributed by atoms with E-state index in [9.17, 15) is 9.90 Å². The van der Waals surface area contributed by atoms with Crippen LogP contribution in [-0.2, 0) is 13.0 Å². The first-order valence-corrected chi connectivity index (χ1v) is 7.70. The zero-order valence-electron chi connectivity index (χ0n) is 10.3. The molecule has 0 aliphatic heterocycles. The zero-order chi connectivity index (χ0) is 13.8. The van der Waals surface area contributed by atoms with Gasteiger partial charge in [0.05, 0.1) is 12.1 Å². The number of amides is 1. The number of hydrogen-bond donors (Lipinski definition) is 2. The Morgan fingerprint density at radius 2 is 2.32 bits per heavy atom. The summed E-state index contributed by atoms with van der Waals surface area (Å²) >= 11 is 3.69. The lowest BCUT2D eigenvalue weighted by atomic mass is 10.2. The van der Waals surface area contributed by atoms with Crippen molar-refractivity contribution in [3.8, 4) is 5.75 Å². The normalized spacial score (nSPS) is 10.4. The van der Waals surface area contributed by atoms with E-state index in [1.165, 1.54) is 10.9 Å². The fraction of sp³-hybridized carbons (Fsp3) is 0.231. The van der Waals surface area contributed by atoms with Gasteiger partial charge >= 0.3 is 0 Å². The number of phenols is 1. The fourth-order valence-corrected chi connectivity index (χ4v) is 2.83. The van der Waals surface area contributed by atoms with Crippen molar-refractivity contribution in [2.75, 3.05) is 0 Å². The molecule has 0 fully saturated rings. The number of nitrogens with zero attached hydrogens (tertiary/aromatic N) is 1. The summed E-state index contributed by atoms with van der Waals surface area (Å²) in [7, 11) is 0. The topological polar surface area (TPSA) is 62.2 Å². The van der Waals surface area contributed by atoms with Crippen LogP contribution in [0.5, 0.6) is 5.75 Å². The molecule has 0 spiro atoms. The number of phenolic OH excluding ortho intramolecular Hbond substituents is 1. The second-order valence-electron chi connectivity index (χ2n) is 3.92. The average molecular weight is 388 g/mol. The summed E-state index contributed by atoms with van der Waals surface area (Å²) in [6, 6.07) is 4.93. The van der Waals surface area contributed by atoms with Gasteiger partial charge in [-0.1, -0.05) is 6.92 Å². The van der Waals surface area contributed by atoms with E-state index in [0.29, 0.717) is 12.1 Å². The highest BCUT2D eigenvalue weighted by Crippen LogP contribution is 2.20. The summed E-state index contributed by atoms with van der Waals surface area (Å²) in [5.41, 5.74) is 0.291. The standard InChI is InChI=1S/C13H13IN2O2S/c1-2-9-6-15-12(19-9)7-16-13(18)10-5-8(14)3-4-11(10)17/h3-6,17H,2,7H2,1H3,(H,16,18). The first-order valence-electron chi connectivity index (χ1n) is 5.80. The molecule has 2 aromatic rings. The molecule has 1 aromatic carbocycles. The van der Waals surface area contributed by atoms with Crippen molar-refractivity contribution in [1.29, 1.82) is 0 Å². The third kappa shape index (κ3) is 3.66. The Bertz CT molecular complexity index is 598. The molecule has 0 saturated heterocycles. The number of benzene rings is 1. The monoisotopic (exact) mass is 388 g/mol. The number of aromatic nitrogens is 1. The largest absolute Gasteiger partial charge is 0.507 e. The Hall–Kier alpha value is -1.15. The van der Waals surface area contributed by atoms with Gasteiger partial charge < -0.3 is 10.4 Å². The summed E-state index contributed by atoms with van der Waals surface area (Å²) in [5, 5.41) is 13.3. The zero-order valence-corrected chi connectivity index (χ0v) is 13.3. The smallest absolute Gasteiger partial charge is 0.255 e.